The Hall–Kier alpha value is -2.48. The molecule has 3 aliphatic rings. The number of anilines is 1. The first kappa shape index (κ1) is 23.9. The maximum absolute atomic E-state index is 6.06. The molecule has 192 valence electrons. The molecule has 0 unspecified atom stereocenters. The number of likely N-dealkylation sites (tertiary alicyclic amines) is 1. The molecular formula is C29H40N6O. The van der Waals surface area contributed by atoms with E-state index in [1.165, 1.54) is 47.7 Å². The molecule has 0 radical (unpaired) electrons. The van der Waals surface area contributed by atoms with Gasteiger partial charge in [0.2, 0.25) is 0 Å². The minimum Gasteiger partial charge on any atom is -0.375 e. The summed E-state index contributed by atoms with van der Waals surface area (Å²) in [5, 5.41) is 0. The first-order valence-electron chi connectivity index (χ1n) is 13.9. The molecule has 2 aliphatic heterocycles. The normalized spacial score (nSPS) is 24.0. The molecule has 7 nitrogen and oxygen atoms in total. The Kier molecular flexibility index (Phi) is 6.71. The van der Waals surface area contributed by atoms with Gasteiger partial charge in [-0.05, 0) is 76.8 Å². The average molecular weight is 489 g/mol. The average Bonchev–Trinajstić information content (AvgIpc) is 3.69. The second kappa shape index (κ2) is 10.1. The summed E-state index contributed by atoms with van der Waals surface area (Å²) >= 11 is 0. The number of piperazine rings is 1. The Labute approximate surface area is 215 Å². The largest absolute Gasteiger partial charge is 0.375 e. The van der Waals surface area contributed by atoms with E-state index < -0.39 is 0 Å². The number of imidazole rings is 1. The number of hydrogen-bond acceptors (Lipinski definition) is 6. The van der Waals surface area contributed by atoms with Gasteiger partial charge >= 0.3 is 0 Å². The smallest absolute Gasteiger partial charge is 0.138 e. The van der Waals surface area contributed by atoms with Gasteiger partial charge in [-0.2, -0.15) is 0 Å². The van der Waals surface area contributed by atoms with Crippen LogP contribution in [0.2, 0.25) is 0 Å². The molecule has 36 heavy (non-hydrogen) atoms. The van der Waals surface area contributed by atoms with Gasteiger partial charge in [-0.1, -0.05) is 12.1 Å². The van der Waals surface area contributed by atoms with Crippen LogP contribution in [0.4, 0.5) is 5.82 Å². The molecule has 2 atom stereocenters. The van der Waals surface area contributed by atoms with Crippen LogP contribution < -0.4 is 4.90 Å². The fourth-order valence-electron chi connectivity index (χ4n) is 6.39. The molecule has 6 rings (SSSR count). The summed E-state index contributed by atoms with van der Waals surface area (Å²) in [5.41, 5.74) is 5.89. The van der Waals surface area contributed by atoms with E-state index >= 15 is 0 Å². The predicted molar refractivity (Wildman–Crippen MR) is 143 cm³/mol. The first-order chi connectivity index (χ1) is 17.7. The summed E-state index contributed by atoms with van der Waals surface area (Å²) in [6.07, 6.45) is 8.11. The molecular weight excluding hydrogens is 448 g/mol. The summed E-state index contributed by atoms with van der Waals surface area (Å²) in [5.74, 6) is 1.26. The van der Waals surface area contributed by atoms with E-state index in [1.54, 1.807) is 0 Å². The molecule has 1 aliphatic carbocycles. The summed E-state index contributed by atoms with van der Waals surface area (Å²) in [7, 11) is 2.26. The van der Waals surface area contributed by atoms with Crippen LogP contribution in [0.3, 0.4) is 0 Å². The maximum atomic E-state index is 6.06. The highest BCUT2D eigenvalue weighted by atomic mass is 16.5. The van der Waals surface area contributed by atoms with Crippen LogP contribution in [-0.2, 0) is 11.3 Å². The van der Waals surface area contributed by atoms with Crippen molar-refractivity contribution >= 4 is 11.5 Å². The van der Waals surface area contributed by atoms with Crippen LogP contribution >= 0.6 is 0 Å². The highest BCUT2D eigenvalue weighted by Crippen LogP contribution is 2.42. The van der Waals surface area contributed by atoms with Gasteiger partial charge in [-0.3, -0.25) is 19.2 Å². The summed E-state index contributed by atoms with van der Waals surface area (Å²) < 4.78 is 8.45. The van der Waals surface area contributed by atoms with E-state index in [0.717, 1.165) is 50.7 Å². The van der Waals surface area contributed by atoms with Crippen molar-refractivity contribution in [2.45, 2.75) is 70.7 Å². The summed E-state index contributed by atoms with van der Waals surface area (Å²) in [4.78, 5) is 17.8. The molecule has 0 bridgehead atoms. The van der Waals surface area contributed by atoms with E-state index in [0.29, 0.717) is 19.3 Å². The van der Waals surface area contributed by atoms with Crippen molar-refractivity contribution in [2.24, 2.45) is 0 Å². The predicted octanol–water partition coefficient (Wildman–Crippen LogP) is 4.76. The number of pyridine rings is 2. The lowest BCUT2D eigenvalue weighted by molar-refractivity contribution is 0.101. The molecule has 3 aromatic heterocycles. The third-order valence-corrected chi connectivity index (χ3v) is 8.51. The zero-order valence-electron chi connectivity index (χ0n) is 22.1. The van der Waals surface area contributed by atoms with Crippen molar-refractivity contribution in [3.8, 4) is 0 Å². The van der Waals surface area contributed by atoms with Gasteiger partial charge in [0.1, 0.15) is 11.5 Å². The molecule has 1 saturated carbocycles. The standard InChI is InChI=1S/C29H40N6O/c1-4-36-20-25-29(24-10-5-9-23(32(24)3)28-21(2)8-7-15-30-28)31-26-11-6-12-27(35(25)26)34-18-16-33(17-19-34)22-13-14-22/h6-8,11-12,15,22-24H,4-5,9-10,13-14,16-20H2,1-3H3/t23-,24+/m0/s1. The third kappa shape index (κ3) is 4.42. The fourth-order valence-corrected chi connectivity index (χ4v) is 6.39. The van der Waals surface area contributed by atoms with Gasteiger partial charge in [0.15, 0.2) is 0 Å². The molecule has 3 aromatic rings. The second-order valence-corrected chi connectivity index (χ2v) is 10.7. The van der Waals surface area contributed by atoms with Crippen molar-refractivity contribution in [1.82, 2.24) is 24.2 Å². The number of piperidine rings is 1. The van der Waals surface area contributed by atoms with Gasteiger partial charge in [0.25, 0.3) is 0 Å². The number of aromatic nitrogens is 3. The first-order valence-corrected chi connectivity index (χ1v) is 13.9. The number of nitrogens with zero attached hydrogens (tertiary/aromatic N) is 6. The molecule has 7 heteroatoms. The van der Waals surface area contributed by atoms with Gasteiger partial charge in [0.05, 0.1) is 35.8 Å². The molecule has 0 aromatic carbocycles. The summed E-state index contributed by atoms with van der Waals surface area (Å²) in [6.45, 7) is 9.99. The fraction of sp³-hybridized carbons (Fsp3) is 0.586. The summed E-state index contributed by atoms with van der Waals surface area (Å²) in [6, 6.07) is 12.2. The van der Waals surface area contributed by atoms with E-state index in [2.05, 4.69) is 64.3 Å². The van der Waals surface area contributed by atoms with Crippen molar-refractivity contribution < 1.29 is 4.74 Å². The maximum Gasteiger partial charge on any atom is 0.138 e. The van der Waals surface area contributed by atoms with Crippen molar-refractivity contribution in [2.75, 3.05) is 44.7 Å². The van der Waals surface area contributed by atoms with Gasteiger partial charge < -0.3 is 9.64 Å². The Balaban J connectivity index is 1.36. The molecule has 0 spiro atoms. The Morgan fingerprint density at radius 2 is 1.72 bits per heavy atom. The van der Waals surface area contributed by atoms with E-state index in [1.807, 2.05) is 12.3 Å². The molecule has 0 amide bonds. The minimum atomic E-state index is 0.250. The van der Waals surface area contributed by atoms with Crippen LogP contribution in [0.15, 0.2) is 36.5 Å². The van der Waals surface area contributed by atoms with E-state index in [9.17, 15) is 0 Å². The number of rotatable bonds is 7. The van der Waals surface area contributed by atoms with Gasteiger partial charge in [-0.15, -0.1) is 0 Å². The molecule has 3 fully saturated rings. The zero-order valence-corrected chi connectivity index (χ0v) is 22.1. The topological polar surface area (TPSA) is 49.1 Å². The lowest BCUT2D eigenvalue weighted by Crippen LogP contribution is -2.47. The van der Waals surface area contributed by atoms with Crippen molar-refractivity contribution in [3.05, 3.63) is 59.2 Å². The highest BCUT2D eigenvalue weighted by molar-refractivity contribution is 5.55. The number of aryl methyl sites for hydroxylation is 1. The second-order valence-electron chi connectivity index (χ2n) is 10.7. The van der Waals surface area contributed by atoms with Crippen molar-refractivity contribution in [1.29, 1.82) is 0 Å². The SMILES string of the molecule is CCOCc1c([C@H]2CCC[C@@H](c3ncccc3C)N2C)nc2cccc(N3CCN(C4CC4)CC3)n12. The van der Waals surface area contributed by atoms with Gasteiger partial charge in [-0.25, -0.2) is 4.98 Å². The molecule has 5 heterocycles. The van der Waals surface area contributed by atoms with E-state index in [4.69, 9.17) is 14.7 Å². The van der Waals surface area contributed by atoms with Crippen LogP contribution in [-0.4, -0.2) is 70.0 Å². The lowest BCUT2D eigenvalue weighted by atomic mass is 9.90. The Morgan fingerprint density at radius 1 is 0.944 bits per heavy atom. The van der Waals surface area contributed by atoms with Crippen molar-refractivity contribution in [3.63, 3.8) is 0 Å². The lowest BCUT2D eigenvalue weighted by Gasteiger charge is -2.39. The number of ether oxygens (including phenoxy) is 1. The van der Waals surface area contributed by atoms with Crippen LogP contribution in [0, 0.1) is 6.92 Å². The number of hydrogen-bond donors (Lipinski definition) is 0. The highest BCUT2D eigenvalue weighted by Gasteiger charge is 2.36. The monoisotopic (exact) mass is 488 g/mol. The van der Waals surface area contributed by atoms with Crippen LogP contribution in [0.5, 0.6) is 0 Å². The quantitative estimate of drug-likeness (QED) is 0.478. The Bertz CT molecular complexity index is 1200. The Morgan fingerprint density at radius 3 is 2.44 bits per heavy atom. The van der Waals surface area contributed by atoms with Crippen LogP contribution in [0.1, 0.15) is 73.8 Å². The van der Waals surface area contributed by atoms with Crippen LogP contribution in [0.25, 0.3) is 5.65 Å². The molecule has 0 N–H and O–H groups in total. The molecule has 2 saturated heterocycles. The zero-order chi connectivity index (χ0) is 24.6. The number of fused-ring (bicyclic) bond motifs is 1. The third-order valence-electron chi connectivity index (χ3n) is 8.51. The van der Waals surface area contributed by atoms with Gasteiger partial charge in [0, 0.05) is 45.0 Å². The minimum absolute atomic E-state index is 0.250. The van der Waals surface area contributed by atoms with E-state index in [-0.39, 0.29) is 6.04 Å².